The largest absolute Gasteiger partial charge is 0.497 e. The molecule has 3 rings (SSSR count). The lowest BCUT2D eigenvalue weighted by atomic mass is 10.0. The fraction of sp³-hybridized carbons (Fsp3) is 0.208. The molecule has 0 aliphatic carbocycles. The lowest BCUT2D eigenvalue weighted by molar-refractivity contribution is -0.115. The minimum atomic E-state index is -0.124. The number of methoxy groups -OCH3 is 1. The van der Waals surface area contributed by atoms with E-state index in [0.29, 0.717) is 11.4 Å². The monoisotopic (exact) mass is 390 g/mol. The van der Waals surface area contributed by atoms with Crippen LogP contribution in [0.4, 0.5) is 5.69 Å². The van der Waals surface area contributed by atoms with Crippen LogP contribution in [-0.2, 0) is 4.79 Å². The molecule has 2 N–H and O–H groups in total. The van der Waals surface area contributed by atoms with Gasteiger partial charge in [0.05, 0.1) is 19.3 Å². The van der Waals surface area contributed by atoms with Gasteiger partial charge in [-0.05, 0) is 48.4 Å². The lowest BCUT2D eigenvalue weighted by Crippen LogP contribution is -2.31. The summed E-state index contributed by atoms with van der Waals surface area (Å²) in [5.74, 6) is 2.02. The zero-order valence-electron chi connectivity index (χ0n) is 16.7. The number of hydrogen-bond donors (Lipinski definition) is 2. The first kappa shape index (κ1) is 20.4. The van der Waals surface area contributed by atoms with E-state index in [1.54, 1.807) is 7.11 Å². The Bertz CT molecular complexity index is 911. The van der Waals surface area contributed by atoms with Gasteiger partial charge >= 0.3 is 0 Å². The first-order valence-corrected chi connectivity index (χ1v) is 9.68. The van der Waals surface area contributed by atoms with Crippen LogP contribution in [-0.4, -0.2) is 19.6 Å². The van der Waals surface area contributed by atoms with Crippen molar-refractivity contribution in [3.63, 3.8) is 0 Å². The third-order valence-electron chi connectivity index (χ3n) is 4.57. The summed E-state index contributed by atoms with van der Waals surface area (Å²) < 4.78 is 11.1. The van der Waals surface area contributed by atoms with Crippen LogP contribution in [0, 0.1) is 0 Å². The van der Waals surface area contributed by atoms with Crippen molar-refractivity contribution in [1.82, 2.24) is 5.32 Å². The maximum Gasteiger partial charge on any atom is 0.238 e. The molecule has 1 amide bonds. The molecule has 0 heterocycles. The van der Waals surface area contributed by atoms with Gasteiger partial charge in [-0.3, -0.25) is 4.79 Å². The summed E-state index contributed by atoms with van der Waals surface area (Å²) in [6.45, 7) is 2.28. The molecule has 0 spiro atoms. The third-order valence-corrected chi connectivity index (χ3v) is 4.57. The highest BCUT2D eigenvalue weighted by molar-refractivity contribution is 5.93. The van der Waals surface area contributed by atoms with Crippen molar-refractivity contribution in [2.45, 2.75) is 19.4 Å². The average Bonchev–Trinajstić information content (AvgIpc) is 2.77. The van der Waals surface area contributed by atoms with Crippen LogP contribution in [0.3, 0.4) is 0 Å². The van der Waals surface area contributed by atoms with E-state index in [0.717, 1.165) is 23.5 Å². The van der Waals surface area contributed by atoms with Crippen molar-refractivity contribution in [3.05, 3.63) is 84.4 Å². The number of amides is 1. The second-order valence-corrected chi connectivity index (χ2v) is 6.57. The highest BCUT2D eigenvalue weighted by Gasteiger charge is 2.13. The first-order valence-electron chi connectivity index (χ1n) is 9.68. The highest BCUT2D eigenvalue weighted by atomic mass is 16.5. The topological polar surface area (TPSA) is 59.6 Å². The van der Waals surface area contributed by atoms with Gasteiger partial charge in [0.2, 0.25) is 5.91 Å². The SMILES string of the molecule is CC[C@@H](NCC(=O)Nc1ccccc1Oc1ccccc1)c1ccc(OC)cc1. The Morgan fingerprint density at radius 3 is 2.28 bits per heavy atom. The molecule has 0 saturated heterocycles. The molecule has 0 unspecified atom stereocenters. The average molecular weight is 390 g/mol. The lowest BCUT2D eigenvalue weighted by Gasteiger charge is -2.18. The first-order chi connectivity index (χ1) is 14.2. The highest BCUT2D eigenvalue weighted by Crippen LogP contribution is 2.29. The van der Waals surface area contributed by atoms with Gasteiger partial charge in [-0.25, -0.2) is 0 Å². The number of para-hydroxylation sites is 3. The number of rotatable bonds is 9. The van der Waals surface area contributed by atoms with Crippen LogP contribution >= 0.6 is 0 Å². The van der Waals surface area contributed by atoms with E-state index >= 15 is 0 Å². The van der Waals surface area contributed by atoms with E-state index < -0.39 is 0 Å². The summed E-state index contributed by atoms with van der Waals surface area (Å²) in [5.41, 5.74) is 1.76. The van der Waals surface area contributed by atoms with Gasteiger partial charge in [-0.1, -0.05) is 49.4 Å². The fourth-order valence-corrected chi connectivity index (χ4v) is 3.02. The number of carbonyl (C=O) groups excluding carboxylic acids is 1. The number of benzene rings is 3. The maximum absolute atomic E-state index is 12.5. The zero-order valence-corrected chi connectivity index (χ0v) is 16.7. The normalized spacial score (nSPS) is 11.5. The molecule has 0 radical (unpaired) electrons. The number of carbonyl (C=O) groups is 1. The van der Waals surface area contributed by atoms with Crippen molar-refractivity contribution in [2.24, 2.45) is 0 Å². The van der Waals surface area contributed by atoms with Crippen LogP contribution in [0.5, 0.6) is 17.2 Å². The van der Waals surface area contributed by atoms with Crippen molar-refractivity contribution in [3.8, 4) is 17.2 Å². The zero-order chi connectivity index (χ0) is 20.5. The molecular weight excluding hydrogens is 364 g/mol. The molecule has 3 aromatic carbocycles. The van der Waals surface area contributed by atoms with E-state index in [2.05, 4.69) is 17.6 Å². The number of anilines is 1. The molecule has 0 saturated carbocycles. The Labute approximate surface area is 171 Å². The van der Waals surface area contributed by atoms with Gasteiger partial charge < -0.3 is 20.1 Å². The van der Waals surface area contributed by atoms with Crippen molar-refractivity contribution >= 4 is 11.6 Å². The minimum Gasteiger partial charge on any atom is -0.497 e. The summed E-state index contributed by atoms with van der Waals surface area (Å²) in [6, 6.07) is 24.9. The Balaban J connectivity index is 1.60. The quantitative estimate of drug-likeness (QED) is 0.529. The minimum absolute atomic E-state index is 0.0856. The molecule has 3 aromatic rings. The molecule has 5 nitrogen and oxygen atoms in total. The number of nitrogens with one attached hydrogen (secondary N) is 2. The Morgan fingerprint density at radius 2 is 1.59 bits per heavy atom. The van der Waals surface area contributed by atoms with Gasteiger partial charge in [-0.2, -0.15) is 0 Å². The number of ether oxygens (including phenoxy) is 2. The molecule has 0 fully saturated rings. The van der Waals surface area contributed by atoms with Crippen LogP contribution in [0.15, 0.2) is 78.9 Å². The second-order valence-electron chi connectivity index (χ2n) is 6.57. The predicted molar refractivity (Wildman–Crippen MR) is 116 cm³/mol. The fourth-order valence-electron chi connectivity index (χ4n) is 3.02. The Morgan fingerprint density at radius 1 is 0.897 bits per heavy atom. The predicted octanol–water partition coefficient (Wildman–Crippen LogP) is 5.17. The molecule has 29 heavy (non-hydrogen) atoms. The van der Waals surface area contributed by atoms with Crippen molar-refractivity contribution < 1.29 is 14.3 Å². The van der Waals surface area contributed by atoms with Gasteiger partial charge in [-0.15, -0.1) is 0 Å². The summed E-state index contributed by atoms with van der Waals surface area (Å²) in [4.78, 5) is 12.5. The summed E-state index contributed by atoms with van der Waals surface area (Å²) in [5, 5.41) is 6.25. The molecule has 150 valence electrons. The smallest absolute Gasteiger partial charge is 0.238 e. The summed E-state index contributed by atoms with van der Waals surface area (Å²) in [7, 11) is 1.65. The van der Waals surface area contributed by atoms with E-state index in [1.807, 2.05) is 78.9 Å². The molecule has 0 bridgehead atoms. The van der Waals surface area contributed by atoms with Crippen LogP contribution in [0.25, 0.3) is 0 Å². The van der Waals surface area contributed by atoms with Crippen LogP contribution < -0.4 is 20.1 Å². The van der Waals surface area contributed by atoms with E-state index in [4.69, 9.17) is 9.47 Å². The molecular formula is C24H26N2O3. The van der Waals surface area contributed by atoms with E-state index in [-0.39, 0.29) is 18.5 Å². The Kier molecular flexibility index (Phi) is 7.25. The standard InChI is InChI=1S/C24H26N2O3/c1-3-21(18-13-15-19(28-2)16-14-18)25-17-24(27)26-22-11-7-8-12-23(22)29-20-9-5-4-6-10-20/h4-16,21,25H,3,17H2,1-2H3,(H,26,27)/t21-/m1/s1. The summed E-state index contributed by atoms with van der Waals surface area (Å²) >= 11 is 0. The van der Waals surface area contributed by atoms with Crippen LogP contribution in [0.2, 0.25) is 0 Å². The van der Waals surface area contributed by atoms with Crippen molar-refractivity contribution in [1.29, 1.82) is 0 Å². The van der Waals surface area contributed by atoms with E-state index in [1.165, 1.54) is 0 Å². The maximum atomic E-state index is 12.5. The molecule has 5 heteroatoms. The Hall–Kier alpha value is -3.31. The molecule has 0 aliphatic heterocycles. The van der Waals surface area contributed by atoms with Gasteiger partial charge in [0.25, 0.3) is 0 Å². The second kappa shape index (κ2) is 10.3. The summed E-state index contributed by atoms with van der Waals surface area (Å²) in [6.07, 6.45) is 0.868. The third kappa shape index (κ3) is 5.83. The van der Waals surface area contributed by atoms with Crippen molar-refractivity contribution in [2.75, 3.05) is 19.0 Å². The van der Waals surface area contributed by atoms with Gasteiger partial charge in [0, 0.05) is 6.04 Å². The van der Waals surface area contributed by atoms with Crippen LogP contribution in [0.1, 0.15) is 24.9 Å². The molecule has 0 aliphatic rings. The molecule has 1 atom stereocenters. The van der Waals surface area contributed by atoms with Gasteiger partial charge in [0.1, 0.15) is 11.5 Å². The van der Waals surface area contributed by atoms with E-state index in [9.17, 15) is 4.79 Å². The number of hydrogen-bond acceptors (Lipinski definition) is 4. The van der Waals surface area contributed by atoms with Gasteiger partial charge in [0.15, 0.2) is 5.75 Å². The molecule has 0 aromatic heterocycles.